The Hall–Kier alpha value is -1.98. The first-order valence-corrected chi connectivity index (χ1v) is 7.77. The number of thiophene rings is 1. The number of rotatable bonds is 3. The lowest BCUT2D eigenvalue weighted by Gasteiger charge is -2.17. The number of hydrogen-bond acceptors (Lipinski definition) is 4. The monoisotopic (exact) mass is 300 g/mol. The molecule has 21 heavy (non-hydrogen) atoms. The molecule has 5 heteroatoms. The van der Waals surface area contributed by atoms with Crippen molar-refractivity contribution in [2.45, 2.75) is 12.5 Å². The molecule has 1 atom stereocenters. The van der Waals surface area contributed by atoms with E-state index in [0.29, 0.717) is 29.1 Å². The van der Waals surface area contributed by atoms with Crippen LogP contribution in [0.15, 0.2) is 41.8 Å². The fourth-order valence-corrected chi connectivity index (χ4v) is 3.23. The molecule has 2 heterocycles. The Morgan fingerprint density at radius 3 is 2.52 bits per heavy atom. The van der Waals surface area contributed by atoms with Crippen LogP contribution >= 0.6 is 11.3 Å². The van der Waals surface area contributed by atoms with Crippen molar-refractivity contribution in [3.63, 3.8) is 0 Å². The molecule has 0 radical (unpaired) electrons. The molecule has 0 unspecified atom stereocenters. The topological polar surface area (TPSA) is 63.4 Å². The van der Waals surface area contributed by atoms with Crippen molar-refractivity contribution in [3.8, 4) is 0 Å². The molecule has 2 N–H and O–H groups in total. The van der Waals surface area contributed by atoms with Crippen LogP contribution in [0.4, 0.5) is 0 Å². The van der Waals surface area contributed by atoms with Gasteiger partial charge in [0.25, 0.3) is 5.91 Å². The molecule has 0 aliphatic carbocycles. The minimum absolute atomic E-state index is 0.0362. The van der Waals surface area contributed by atoms with Gasteiger partial charge >= 0.3 is 0 Å². The summed E-state index contributed by atoms with van der Waals surface area (Å²) in [6.45, 7) is 1.21. The molecule has 3 rings (SSSR count). The lowest BCUT2D eigenvalue weighted by atomic mass is 10.0. The first-order chi connectivity index (χ1) is 10.2. The van der Waals surface area contributed by atoms with Crippen LogP contribution in [0, 0.1) is 0 Å². The maximum absolute atomic E-state index is 12.6. The van der Waals surface area contributed by atoms with Gasteiger partial charge in [0, 0.05) is 24.7 Å². The molecule has 1 aromatic heterocycles. The van der Waals surface area contributed by atoms with Crippen LogP contribution in [0.25, 0.3) is 0 Å². The van der Waals surface area contributed by atoms with E-state index in [1.165, 1.54) is 11.3 Å². The Morgan fingerprint density at radius 1 is 1.14 bits per heavy atom. The van der Waals surface area contributed by atoms with Gasteiger partial charge in [-0.15, -0.1) is 11.3 Å². The second kappa shape index (κ2) is 5.79. The van der Waals surface area contributed by atoms with E-state index < -0.39 is 0 Å². The van der Waals surface area contributed by atoms with E-state index in [0.717, 1.165) is 6.42 Å². The summed E-state index contributed by atoms with van der Waals surface area (Å²) in [5.74, 6) is -0.207. The van der Waals surface area contributed by atoms with Crippen molar-refractivity contribution in [1.82, 2.24) is 4.90 Å². The molecule has 4 nitrogen and oxygen atoms in total. The number of nitrogens with two attached hydrogens (primary N) is 1. The maximum atomic E-state index is 12.6. The van der Waals surface area contributed by atoms with Gasteiger partial charge in [-0.2, -0.15) is 0 Å². The van der Waals surface area contributed by atoms with E-state index in [1.807, 2.05) is 11.4 Å². The largest absolute Gasteiger partial charge is 0.337 e. The Kier molecular flexibility index (Phi) is 3.86. The number of ketones is 1. The van der Waals surface area contributed by atoms with Gasteiger partial charge < -0.3 is 10.6 Å². The van der Waals surface area contributed by atoms with Crippen LogP contribution in [-0.4, -0.2) is 35.7 Å². The minimum Gasteiger partial charge on any atom is -0.337 e. The summed E-state index contributed by atoms with van der Waals surface area (Å²) in [6.07, 6.45) is 0.812. The van der Waals surface area contributed by atoms with E-state index in [1.54, 1.807) is 35.2 Å². The molecular formula is C16H16N2O2S. The average molecular weight is 300 g/mol. The molecular weight excluding hydrogens is 284 g/mol. The number of likely N-dealkylation sites (tertiary alicyclic amines) is 1. The second-order valence-corrected chi connectivity index (χ2v) is 6.10. The lowest BCUT2D eigenvalue weighted by Crippen LogP contribution is -2.32. The molecule has 108 valence electrons. The van der Waals surface area contributed by atoms with E-state index in [4.69, 9.17) is 5.73 Å². The molecule has 0 spiro atoms. The number of amides is 1. The zero-order valence-electron chi connectivity index (χ0n) is 11.5. The molecule has 1 saturated heterocycles. The maximum Gasteiger partial charge on any atom is 0.254 e. The molecule has 1 aliphatic rings. The van der Waals surface area contributed by atoms with Crippen molar-refractivity contribution in [3.05, 3.63) is 57.8 Å². The summed E-state index contributed by atoms with van der Waals surface area (Å²) < 4.78 is 0. The van der Waals surface area contributed by atoms with Gasteiger partial charge in [0.05, 0.1) is 10.4 Å². The minimum atomic E-state index is -0.108. The highest BCUT2D eigenvalue weighted by molar-refractivity contribution is 7.12. The quantitative estimate of drug-likeness (QED) is 0.883. The third kappa shape index (κ3) is 2.75. The predicted octanol–water partition coefficient (Wildman–Crippen LogP) is 2.15. The Labute approximate surface area is 127 Å². The van der Waals surface area contributed by atoms with Gasteiger partial charge in [-0.3, -0.25) is 9.59 Å². The van der Waals surface area contributed by atoms with Gasteiger partial charge in [0.15, 0.2) is 0 Å². The molecule has 0 saturated carbocycles. The van der Waals surface area contributed by atoms with Crippen molar-refractivity contribution in [1.29, 1.82) is 0 Å². The van der Waals surface area contributed by atoms with Gasteiger partial charge in [0.2, 0.25) is 5.78 Å². The van der Waals surface area contributed by atoms with E-state index >= 15 is 0 Å². The molecule has 1 amide bonds. The molecule has 1 aliphatic heterocycles. The zero-order valence-corrected chi connectivity index (χ0v) is 12.3. The Morgan fingerprint density at radius 2 is 1.90 bits per heavy atom. The highest BCUT2D eigenvalue weighted by Crippen LogP contribution is 2.21. The van der Waals surface area contributed by atoms with Crippen molar-refractivity contribution < 1.29 is 9.59 Å². The molecule has 1 aromatic carbocycles. The number of benzene rings is 1. The lowest BCUT2D eigenvalue weighted by molar-refractivity contribution is 0.0786. The second-order valence-electron chi connectivity index (χ2n) is 5.15. The van der Waals surface area contributed by atoms with Crippen LogP contribution in [0.1, 0.15) is 32.0 Å². The van der Waals surface area contributed by atoms with Crippen molar-refractivity contribution in [2.24, 2.45) is 5.73 Å². The highest BCUT2D eigenvalue weighted by atomic mass is 32.1. The number of carbonyl (C=O) groups excluding carboxylic acids is 2. The molecule has 2 aromatic rings. The molecule has 1 fully saturated rings. The highest BCUT2D eigenvalue weighted by Gasteiger charge is 2.27. The fourth-order valence-electron chi connectivity index (χ4n) is 2.55. The standard InChI is InChI=1S/C16H16N2O2S/c17-11-7-8-18(10-11)16(20)13-5-2-1-4-12(13)15(19)14-6-3-9-21-14/h1-6,9,11H,7-8,10,17H2/t11-/m1/s1. The van der Waals surface area contributed by atoms with Gasteiger partial charge in [0.1, 0.15) is 0 Å². The predicted molar refractivity (Wildman–Crippen MR) is 82.7 cm³/mol. The SMILES string of the molecule is N[C@@H]1CCN(C(=O)c2ccccc2C(=O)c2cccs2)C1. The summed E-state index contributed by atoms with van der Waals surface area (Å²) in [7, 11) is 0. The van der Waals surface area contributed by atoms with Crippen molar-refractivity contribution >= 4 is 23.0 Å². The van der Waals surface area contributed by atoms with Crippen LogP contribution in [0.2, 0.25) is 0 Å². The summed E-state index contributed by atoms with van der Waals surface area (Å²) in [5, 5.41) is 1.86. The Bertz CT molecular complexity index is 667. The zero-order chi connectivity index (χ0) is 14.8. The van der Waals surface area contributed by atoms with Crippen LogP contribution < -0.4 is 5.73 Å². The van der Waals surface area contributed by atoms with E-state index in [2.05, 4.69) is 0 Å². The summed E-state index contributed by atoms with van der Waals surface area (Å²) in [5.41, 5.74) is 6.78. The Balaban J connectivity index is 1.93. The summed E-state index contributed by atoms with van der Waals surface area (Å²) >= 11 is 1.38. The third-order valence-corrected chi connectivity index (χ3v) is 4.53. The molecule has 0 bridgehead atoms. The third-order valence-electron chi connectivity index (χ3n) is 3.66. The number of nitrogens with zero attached hydrogens (tertiary/aromatic N) is 1. The van der Waals surface area contributed by atoms with Gasteiger partial charge in [-0.1, -0.05) is 24.3 Å². The fraction of sp³-hybridized carbons (Fsp3) is 0.250. The number of carbonyl (C=O) groups is 2. The summed E-state index contributed by atoms with van der Waals surface area (Å²) in [4.78, 5) is 27.5. The average Bonchev–Trinajstić information content (AvgIpc) is 3.17. The van der Waals surface area contributed by atoms with Gasteiger partial charge in [-0.05, 0) is 23.9 Å². The first-order valence-electron chi connectivity index (χ1n) is 6.89. The van der Waals surface area contributed by atoms with Crippen LogP contribution in [0.5, 0.6) is 0 Å². The van der Waals surface area contributed by atoms with Crippen LogP contribution in [-0.2, 0) is 0 Å². The van der Waals surface area contributed by atoms with Crippen molar-refractivity contribution in [2.75, 3.05) is 13.1 Å². The van der Waals surface area contributed by atoms with Gasteiger partial charge in [-0.25, -0.2) is 0 Å². The van der Waals surface area contributed by atoms with E-state index in [-0.39, 0.29) is 17.7 Å². The number of hydrogen-bond donors (Lipinski definition) is 1. The first kappa shape index (κ1) is 14.0. The van der Waals surface area contributed by atoms with Crippen LogP contribution in [0.3, 0.4) is 0 Å². The summed E-state index contributed by atoms with van der Waals surface area (Å²) in [6, 6.07) is 10.6. The smallest absolute Gasteiger partial charge is 0.254 e. The van der Waals surface area contributed by atoms with E-state index in [9.17, 15) is 9.59 Å². The normalized spacial score (nSPS) is 18.0.